The number of fused-ring (bicyclic) bond motifs is 1. The maximum absolute atomic E-state index is 13.3. The number of halogens is 3. The standard InChI is InChI=1S/C22H24F3N5/c1-13-16(7-6-8-18(13)22(23,24)25)14(2)27-21-17-11-20(30-9-4-5-10-30)26-12-19(17)28-15(3)29-21/h6-8,11-12,14H,4-5,9-10H2,1-3H3,(H,27,28,29)/t14-/m1/s1. The number of benzene rings is 1. The van der Waals surface area contributed by atoms with Crippen molar-refractivity contribution < 1.29 is 13.2 Å². The molecule has 1 aliphatic rings. The number of anilines is 2. The first-order valence-electron chi connectivity index (χ1n) is 10.1. The van der Waals surface area contributed by atoms with Gasteiger partial charge >= 0.3 is 6.18 Å². The van der Waals surface area contributed by atoms with E-state index in [2.05, 4.69) is 25.2 Å². The van der Waals surface area contributed by atoms with Crippen LogP contribution in [0.25, 0.3) is 10.9 Å². The number of hydrogen-bond donors (Lipinski definition) is 1. The summed E-state index contributed by atoms with van der Waals surface area (Å²) in [5, 5.41) is 4.13. The number of nitrogens with zero attached hydrogens (tertiary/aromatic N) is 4. The molecule has 30 heavy (non-hydrogen) atoms. The lowest BCUT2D eigenvalue weighted by Crippen LogP contribution is -2.19. The zero-order chi connectivity index (χ0) is 21.5. The molecule has 0 amide bonds. The second-order valence-corrected chi connectivity index (χ2v) is 7.76. The number of hydrogen-bond acceptors (Lipinski definition) is 5. The monoisotopic (exact) mass is 415 g/mol. The summed E-state index contributed by atoms with van der Waals surface area (Å²) in [6.45, 7) is 7.07. The van der Waals surface area contributed by atoms with Gasteiger partial charge in [0.25, 0.3) is 0 Å². The third-order valence-electron chi connectivity index (χ3n) is 5.61. The Labute approximate surface area is 173 Å². The van der Waals surface area contributed by atoms with Crippen LogP contribution >= 0.6 is 0 Å². The maximum atomic E-state index is 13.3. The van der Waals surface area contributed by atoms with Crippen molar-refractivity contribution in [2.45, 2.75) is 45.8 Å². The summed E-state index contributed by atoms with van der Waals surface area (Å²) in [5.41, 5.74) is 0.904. The average Bonchev–Trinajstić information content (AvgIpc) is 3.21. The van der Waals surface area contributed by atoms with E-state index in [0.29, 0.717) is 22.7 Å². The Balaban J connectivity index is 1.72. The minimum absolute atomic E-state index is 0.222. The number of aryl methyl sites for hydroxylation is 1. The Morgan fingerprint density at radius 1 is 1.10 bits per heavy atom. The molecule has 158 valence electrons. The molecule has 0 aliphatic carbocycles. The minimum Gasteiger partial charge on any atom is -0.363 e. The highest BCUT2D eigenvalue weighted by Crippen LogP contribution is 2.35. The van der Waals surface area contributed by atoms with Gasteiger partial charge in [0, 0.05) is 18.5 Å². The van der Waals surface area contributed by atoms with Gasteiger partial charge in [-0.25, -0.2) is 15.0 Å². The molecule has 4 rings (SSSR count). The van der Waals surface area contributed by atoms with Gasteiger partial charge in [0.05, 0.1) is 23.3 Å². The molecule has 1 aliphatic heterocycles. The van der Waals surface area contributed by atoms with Crippen molar-refractivity contribution in [1.82, 2.24) is 15.0 Å². The molecule has 1 fully saturated rings. The molecule has 1 saturated heterocycles. The largest absolute Gasteiger partial charge is 0.416 e. The van der Waals surface area contributed by atoms with Crippen LogP contribution in [0.1, 0.15) is 48.3 Å². The van der Waals surface area contributed by atoms with Crippen LogP contribution < -0.4 is 10.2 Å². The molecule has 3 aromatic rings. The van der Waals surface area contributed by atoms with E-state index in [4.69, 9.17) is 0 Å². The molecule has 0 radical (unpaired) electrons. The van der Waals surface area contributed by atoms with E-state index in [0.717, 1.165) is 43.2 Å². The Morgan fingerprint density at radius 2 is 1.83 bits per heavy atom. The summed E-state index contributed by atoms with van der Waals surface area (Å²) in [6, 6.07) is 5.88. The topological polar surface area (TPSA) is 53.9 Å². The van der Waals surface area contributed by atoms with Gasteiger partial charge < -0.3 is 10.2 Å². The van der Waals surface area contributed by atoms with Crippen LogP contribution in [0.3, 0.4) is 0 Å². The summed E-state index contributed by atoms with van der Waals surface area (Å²) in [7, 11) is 0. The maximum Gasteiger partial charge on any atom is 0.416 e. The summed E-state index contributed by atoms with van der Waals surface area (Å²) in [5.74, 6) is 2.05. The number of alkyl halides is 3. The van der Waals surface area contributed by atoms with E-state index < -0.39 is 11.7 Å². The molecule has 1 atom stereocenters. The van der Waals surface area contributed by atoms with Gasteiger partial charge in [0.2, 0.25) is 0 Å². The lowest BCUT2D eigenvalue weighted by Gasteiger charge is -2.22. The highest BCUT2D eigenvalue weighted by atomic mass is 19.4. The van der Waals surface area contributed by atoms with Crippen molar-refractivity contribution in [3.05, 3.63) is 53.0 Å². The van der Waals surface area contributed by atoms with Gasteiger partial charge in [-0.1, -0.05) is 12.1 Å². The molecule has 0 bridgehead atoms. The minimum atomic E-state index is -4.38. The fourth-order valence-electron chi connectivity index (χ4n) is 4.08. The molecule has 8 heteroatoms. The number of rotatable bonds is 4. The van der Waals surface area contributed by atoms with Crippen molar-refractivity contribution in [1.29, 1.82) is 0 Å². The van der Waals surface area contributed by atoms with Gasteiger partial charge in [0.1, 0.15) is 17.5 Å². The van der Waals surface area contributed by atoms with Crippen LogP contribution in [-0.4, -0.2) is 28.0 Å². The summed E-state index contributed by atoms with van der Waals surface area (Å²) < 4.78 is 40.0. The van der Waals surface area contributed by atoms with Gasteiger partial charge in [-0.15, -0.1) is 0 Å². The van der Waals surface area contributed by atoms with Crippen molar-refractivity contribution in [3.63, 3.8) is 0 Å². The van der Waals surface area contributed by atoms with Gasteiger partial charge in [-0.3, -0.25) is 0 Å². The van der Waals surface area contributed by atoms with Gasteiger partial charge in [0.15, 0.2) is 0 Å². The molecule has 5 nitrogen and oxygen atoms in total. The van der Waals surface area contributed by atoms with E-state index >= 15 is 0 Å². The normalized spacial score (nSPS) is 15.6. The van der Waals surface area contributed by atoms with E-state index in [-0.39, 0.29) is 11.6 Å². The third-order valence-corrected chi connectivity index (χ3v) is 5.61. The van der Waals surface area contributed by atoms with Crippen LogP contribution in [0, 0.1) is 13.8 Å². The molecule has 0 spiro atoms. The van der Waals surface area contributed by atoms with Crippen molar-refractivity contribution in [3.8, 4) is 0 Å². The van der Waals surface area contributed by atoms with Gasteiger partial charge in [-0.05, 0) is 56.9 Å². The fourth-order valence-corrected chi connectivity index (χ4v) is 4.08. The van der Waals surface area contributed by atoms with Crippen LogP contribution in [0.2, 0.25) is 0 Å². The molecule has 2 aromatic heterocycles. The number of nitrogens with one attached hydrogen (secondary N) is 1. The molecule has 1 aromatic carbocycles. The first-order chi connectivity index (χ1) is 14.2. The summed E-state index contributed by atoms with van der Waals surface area (Å²) in [4.78, 5) is 15.8. The van der Waals surface area contributed by atoms with Crippen molar-refractivity contribution in [2.75, 3.05) is 23.3 Å². The fraction of sp³-hybridized carbons (Fsp3) is 0.409. The molecular formula is C22H24F3N5. The quantitative estimate of drug-likeness (QED) is 0.615. The van der Waals surface area contributed by atoms with Crippen LogP contribution in [-0.2, 0) is 6.18 Å². The number of aromatic nitrogens is 3. The first kappa shape index (κ1) is 20.4. The SMILES string of the molecule is Cc1nc(N[C@H](C)c2cccc(C(F)(F)F)c2C)c2cc(N3CCCC3)ncc2n1. The van der Waals surface area contributed by atoms with Crippen molar-refractivity contribution in [2.24, 2.45) is 0 Å². The second-order valence-electron chi connectivity index (χ2n) is 7.76. The molecule has 1 N–H and O–H groups in total. The smallest absolute Gasteiger partial charge is 0.363 e. The predicted molar refractivity (Wildman–Crippen MR) is 112 cm³/mol. The first-order valence-corrected chi connectivity index (χ1v) is 10.1. The Kier molecular flexibility index (Phi) is 5.26. The van der Waals surface area contributed by atoms with E-state index in [9.17, 15) is 13.2 Å². The molecule has 3 heterocycles. The van der Waals surface area contributed by atoms with Crippen LogP contribution in [0.4, 0.5) is 24.8 Å². The van der Waals surface area contributed by atoms with E-state index in [1.807, 2.05) is 13.0 Å². The number of pyridine rings is 1. The lowest BCUT2D eigenvalue weighted by molar-refractivity contribution is -0.138. The Morgan fingerprint density at radius 3 is 2.53 bits per heavy atom. The second kappa shape index (κ2) is 7.74. The van der Waals surface area contributed by atoms with Gasteiger partial charge in [-0.2, -0.15) is 13.2 Å². The summed E-state index contributed by atoms with van der Waals surface area (Å²) >= 11 is 0. The highest BCUT2D eigenvalue weighted by Gasteiger charge is 2.33. The molecule has 0 saturated carbocycles. The average molecular weight is 415 g/mol. The van der Waals surface area contributed by atoms with E-state index in [1.165, 1.54) is 13.0 Å². The Bertz CT molecular complexity index is 1070. The zero-order valence-corrected chi connectivity index (χ0v) is 17.2. The van der Waals surface area contributed by atoms with Crippen LogP contribution in [0.5, 0.6) is 0 Å². The van der Waals surface area contributed by atoms with E-state index in [1.54, 1.807) is 19.2 Å². The Hall–Kier alpha value is -2.90. The predicted octanol–water partition coefficient (Wildman–Crippen LogP) is 5.43. The zero-order valence-electron chi connectivity index (χ0n) is 17.2. The third kappa shape index (κ3) is 3.91. The molecular weight excluding hydrogens is 391 g/mol. The van der Waals surface area contributed by atoms with Crippen LogP contribution in [0.15, 0.2) is 30.5 Å². The van der Waals surface area contributed by atoms with Crippen molar-refractivity contribution >= 4 is 22.5 Å². The summed E-state index contributed by atoms with van der Waals surface area (Å²) in [6.07, 6.45) is -0.362. The molecule has 0 unspecified atom stereocenters. The lowest BCUT2D eigenvalue weighted by atomic mass is 9.97. The highest BCUT2D eigenvalue weighted by molar-refractivity contribution is 5.90.